The molecule has 3 aromatic rings. The van der Waals surface area contributed by atoms with E-state index in [4.69, 9.17) is 5.10 Å². The zero-order valence-electron chi connectivity index (χ0n) is 15.0. The highest BCUT2D eigenvalue weighted by molar-refractivity contribution is 5.81. The van der Waals surface area contributed by atoms with Gasteiger partial charge in [0.2, 0.25) is 5.91 Å². The number of anilines is 1. The predicted octanol–water partition coefficient (Wildman–Crippen LogP) is 1.63. The lowest BCUT2D eigenvalue weighted by atomic mass is 10.2. The van der Waals surface area contributed by atoms with E-state index in [2.05, 4.69) is 20.1 Å². The molecule has 8 nitrogen and oxygen atoms in total. The van der Waals surface area contributed by atoms with E-state index in [0.717, 1.165) is 56.8 Å². The highest BCUT2D eigenvalue weighted by atomic mass is 16.2. The van der Waals surface area contributed by atoms with Gasteiger partial charge in [-0.2, -0.15) is 4.52 Å². The summed E-state index contributed by atoms with van der Waals surface area (Å²) in [6.45, 7) is 3.28. The van der Waals surface area contributed by atoms with E-state index in [9.17, 15) is 4.79 Å². The van der Waals surface area contributed by atoms with Gasteiger partial charge in [0.1, 0.15) is 5.82 Å². The van der Waals surface area contributed by atoms with Gasteiger partial charge in [0.25, 0.3) is 0 Å². The number of carbonyl (C=O) groups excluding carboxylic acids is 1. The molecule has 2 fully saturated rings. The van der Waals surface area contributed by atoms with Crippen LogP contribution in [-0.4, -0.2) is 61.8 Å². The van der Waals surface area contributed by atoms with Crippen molar-refractivity contribution < 1.29 is 4.79 Å². The Hall–Kier alpha value is -3.03. The first-order chi connectivity index (χ1) is 13.3. The fourth-order valence-electron chi connectivity index (χ4n) is 3.58. The fraction of sp³-hybridized carbons (Fsp3) is 0.421. The number of hydrogen-bond acceptors (Lipinski definition) is 6. The molecule has 0 atom stereocenters. The van der Waals surface area contributed by atoms with Gasteiger partial charge in [-0.15, -0.1) is 15.3 Å². The number of rotatable bonds is 3. The molecule has 1 saturated heterocycles. The molecule has 1 saturated carbocycles. The van der Waals surface area contributed by atoms with Gasteiger partial charge in [-0.1, -0.05) is 0 Å². The van der Waals surface area contributed by atoms with Crippen LogP contribution in [0.3, 0.4) is 0 Å². The van der Waals surface area contributed by atoms with Crippen LogP contribution >= 0.6 is 0 Å². The summed E-state index contributed by atoms with van der Waals surface area (Å²) in [6, 6.07) is 7.73. The molecule has 0 unspecified atom stereocenters. The molecule has 0 N–H and O–H groups in total. The van der Waals surface area contributed by atoms with Crippen molar-refractivity contribution in [2.24, 2.45) is 5.92 Å². The summed E-state index contributed by atoms with van der Waals surface area (Å²) in [6.07, 6.45) is 6.55. The van der Waals surface area contributed by atoms with Crippen LogP contribution in [-0.2, 0) is 4.79 Å². The van der Waals surface area contributed by atoms with Crippen molar-refractivity contribution in [3.05, 3.63) is 36.7 Å². The van der Waals surface area contributed by atoms with Gasteiger partial charge in [-0.05, 0) is 43.5 Å². The molecule has 3 aromatic heterocycles. The average molecular weight is 363 g/mol. The van der Waals surface area contributed by atoms with Crippen LogP contribution in [0.25, 0.3) is 17.0 Å². The van der Waals surface area contributed by atoms with Crippen molar-refractivity contribution in [2.45, 2.75) is 19.3 Å². The van der Waals surface area contributed by atoms with E-state index < -0.39 is 0 Å². The highest BCUT2D eigenvalue weighted by Gasteiger charge is 2.34. The topological polar surface area (TPSA) is 79.5 Å². The van der Waals surface area contributed by atoms with Crippen LogP contribution in [0.15, 0.2) is 36.7 Å². The molecule has 0 aromatic carbocycles. The number of hydrogen-bond donors (Lipinski definition) is 0. The van der Waals surface area contributed by atoms with Gasteiger partial charge in [-0.25, -0.2) is 0 Å². The molecule has 2 aliphatic rings. The molecular formula is C19H21N7O. The van der Waals surface area contributed by atoms with Crippen LogP contribution < -0.4 is 4.90 Å². The molecule has 27 heavy (non-hydrogen) atoms. The minimum Gasteiger partial charge on any atom is -0.353 e. The standard InChI is InChI=1S/C19H21N7O/c27-19(15-2-3-15)25-11-1-10-24(12-13-25)17-5-4-16-21-22-18(26(16)23-17)14-6-8-20-9-7-14/h4-9,15H,1-3,10-13H2. The molecule has 138 valence electrons. The Balaban J connectivity index is 1.40. The first kappa shape index (κ1) is 16.2. The lowest BCUT2D eigenvalue weighted by Crippen LogP contribution is -2.36. The lowest BCUT2D eigenvalue weighted by Gasteiger charge is -2.22. The van der Waals surface area contributed by atoms with E-state index in [1.807, 2.05) is 29.2 Å². The minimum atomic E-state index is 0.283. The zero-order chi connectivity index (χ0) is 18.2. The van der Waals surface area contributed by atoms with Crippen LogP contribution in [0.1, 0.15) is 19.3 Å². The minimum absolute atomic E-state index is 0.283. The van der Waals surface area contributed by atoms with Crippen LogP contribution in [0, 0.1) is 5.92 Å². The molecule has 0 spiro atoms. The maximum Gasteiger partial charge on any atom is 0.225 e. The lowest BCUT2D eigenvalue weighted by molar-refractivity contribution is -0.132. The van der Waals surface area contributed by atoms with Gasteiger partial charge < -0.3 is 9.80 Å². The summed E-state index contributed by atoms with van der Waals surface area (Å²) in [5.74, 6) is 2.21. The van der Waals surface area contributed by atoms with Crippen LogP contribution in [0.2, 0.25) is 0 Å². The van der Waals surface area contributed by atoms with Crippen molar-refractivity contribution >= 4 is 17.4 Å². The summed E-state index contributed by atoms with van der Waals surface area (Å²) in [5.41, 5.74) is 1.64. The number of amides is 1. The quantitative estimate of drug-likeness (QED) is 0.704. The van der Waals surface area contributed by atoms with Gasteiger partial charge in [0, 0.05) is 50.1 Å². The van der Waals surface area contributed by atoms with Gasteiger partial charge in [0.15, 0.2) is 11.5 Å². The Morgan fingerprint density at radius 1 is 0.963 bits per heavy atom. The van der Waals surface area contributed by atoms with Crippen molar-refractivity contribution in [1.29, 1.82) is 0 Å². The van der Waals surface area contributed by atoms with Crippen LogP contribution in [0.4, 0.5) is 5.82 Å². The molecule has 1 aliphatic heterocycles. The molecule has 0 bridgehead atoms. The third kappa shape index (κ3) is 3.11. The monoisotopic (exact) mass is 363 g/mol. The second-order valence-corrected chi connectivity index (χ2v) is 7.16. The Labute approximate surface area is 156 Å². The first-order valence-electron chi connectivity index (χ1n) is 9.46. The third-order valence-electron chi connectivity index (χ3n) is 5.25. The molecule has 1 amide bonds. The van der Waals surface area contributed by atoms with Crippen molar-refractivity contribution in [3.8, 4) is 11.4 Å². The molecular weight excluding hydrogens is 342 g/mol. The predicted molar refractivity (Wildman–Crippen MR) is 100 cm³/mol. The summed E-state index contributed by atoms with van der Waals surface area (Å²) in [5, 5.41) is 13.3. The smallest absolute Gasteiger partial charge is 0.225 e. The zero-order valence-corrected chi connectivity index (χ0v) is 15.0. The first-order valence-corrected chi connectivity index (χ1v) is 9.46. The van der Waals surface area contributed by atoms with E-state index in [0.29, 0.717) is 17.4 Å². The van der Waals surface area contributed by atoms with E-state index in [1.165, 1.54) is 0 Å². The normalized spacial score (nSPS) is 17.9. The van der Waals surface area contributed by atoms with Gasteiger partial charge in [0.05, 0.1) is 0 Å². The summed E-state index contributed by atoms with van der Waals surface area (Å²) < 4.78 is 1.78. The summed E-state index contributed by atoms with van der Waals surface area (Å²) >= 11 is 0. The number of fused-ring (bicyclic) bond motifs is 1. The maximum atomic E-state index is 12.4. The molecule has 1 aliphatic carbocycles. The van der Waals surface area contributed by atoms with E-state index in [-0.39, 0.29) is 5.92 Å². The SMILES string of the molecule is O=C(C1CC1)N1CCCN(c2ccc3nnc(-c4ccncc4)n3n2)CC1. The number of aromatic nitrogens is 5. The van der Waals surface area contributed by atoms with Crippen molar-refractivity contribution in [2.75, 3.05) is 31.1 Å². The van der Waals surface area contributed by atoms with Crippen LogP contribution in [0.5, 0.6) is 0 Å². The number of carbonyl (C=O) groups is 1. The van der Waals surface area contributed by atoms with Gasteiger partial charge >= 0.3 is 0 Å². The van der Waals surface area contributed by atoms with Gasteiger partial charge in [-0.3, -0.25) is 9.78 Å². The molecule has 4 heterocycles. The largest absolute Gasteiger partial charge is 0.353 e. The summed E-state index contributed by atoms with van der Waals surface area (Å²) in [4.78, 5) is 20.7. The van der Waals surface area contributed by atoms with E-state index >= 15 is 0 Å². The fourth-order valence-corrected chi connectivity index (χ4v) is 3.58. The second kappa shape index (κ2) is 6.61. The third-order valence-corrected chi connectivity index (χ3v) is 5.25. The molecule has 5 rings (SSSR count). The van der Waals surface area contributed by atoms with Crippen molar-refractivity contribution in [3.63, 3.8) is 0 Å². The molecule has 0 radical (unpaired) electrons. The second-order valence-electron chi connectivity index (χ2n) is 7.16. The molecule has 8 heteroatoms. The van der Waals surface area contributed by atoms with E-state index in [1.54, 1.807) is 16.9 Å². The Morgan fingerprint density at radius 2 is 1.81 bits per heavy atom. The average Bonchev–Trinajstić information content (AvgIpc) is 3.51. The number of pyridine rings is 1. The summed E-state index contributed by atoms with van der Waals surface area (Å²) in [7, 11) is 0. The maximum absolute atomic E-state index is 12.4. The highest BCUT2D eigenvalue weighted by Crippen LogP contribution is 2.31. The number of nitrogens with zero attached hydrogens (tertiary/aromatic N) is 7. The Kier molecular flexibility index (Phi) is 3.95. The Bertz CT molecular complexity index is 967. The Morgan fingerprint density at radius 3 is 2.63 bits per heavy atom. The van der Waals surface area contributed by atoms with Crippen molar-refractivity contribution in [1.82, 2.24) is 29.7 Å².